The minimum Gasteiger partial charge on any atom is -0.494 e. The Hall–Kier alpha value is -1.13. The molecule has 1 aromatic carbocycles. The van der Waals surface area contributed by atoms with Crippen molar-refractivity contribution in [2.45, 2.75) is 26.7 Å². The monoisotopic (exact) mass is 304 g/mol. The highest BCUT2D eigenvalue weighted by atomic mass is 35.5. The van der Waals surface area contributed by atoms with E-state index in [9.17, 15) is 0 Å². The smallest absolute Gasteiger partial charge is 0.144 e. The van der Waals surface area contributed by atoms with Crippen LogP contribution < -0.4 is 10.5 Å². The summed E-state index contributed by atoms with van der Waals surface area (Å²) in [4.78, 5) is 0. The molecule has 0 saturated carbocycles. The summed E-state index contributed by atoms with van der Waals surface area (Å²) in [5.41, 5.74) is 5.26. The third-order valence-corrected chi connectivity index (χ3v) is 3.65. The van der Waals surface area contributed by atoms with Crippen LogP contribution in [0, 0.1) is 5.41 Å². The van der Waals surface area contributed by atoms with Crippen LogP contribution in [-0.4, -0.2) is 17.6 Å². The first-order chi connectivity index (χ1) is 8.86. The van der Waals surface area contributed by atoms with Crippen LogP contribution in [0.25, 0.3) is 0 Å². The highest BCUT2D eigenvalue weighted by Gasteiger charge is 2.22. The van der Waals surface area contributed by atoms with Gasteiger partial charge in [0.05, 0.1) is 16.7 Å². The van der Waals surface area contributed by atoms with Crippen LogP contribution in [0.1, 0.15) is 26.7 Å². The first-order valence-corrected chi connectivity index (χ1v) is 6.68. The lowest BCUT2D eigenvalue weighted by molar-refractivity contribution is 0.277. The summed E-state index contributed by atoms with van der Waals surface area (Å²) < 4.78 is 5.56. The molecule has 0 unspecified atom stereocenters. The molecule has 0 amide bonds. The first-order valence-electron chi connectivity index (χ1n) is 5.92. The van der Waals surface area contributed by atoms with E-state index in [4.69, 9.17) is 38.9 Å². The highest BCUT2D eigenvalue weighted by molar-refractivity contribution is 6.42. The quantitative estimate of drug-likeness (QED) is 0.275. The predicted molar refractivity (Wildman–Crippen MR) is 78.4 cm³/mol. The molecule has 0 aromatic heterocycles. The van der Waals surface area contributed by atoms with Crippen LogP contribution in [0.3, 0.4) is 0 Å². The fourth-order valence-corrected chi connectivity index (χ4v) is 1.82. The number of ether oxygens (including phenoxy) is 1. The molecule has 0 aliphatic rings. The molecule has 1 rings (SSSR count). The molecule has 0 fully saturated rings. The van der Waals surface area contributed by atoms with Crippen molar-refractivity contribution in [3.8, 4) is 5.75 Å². The van der Waals surface area contributed by atoms with Gasteiger partial charge in [0.15, 0.2) is 0 Å². The fourth-order valence-electron chi connectivity index (χ4n) is 1.53. The normalized spacial score (nSPS) is 12.5. The Balaban J connectivity index is 2.41. The minimum atomic E-state index is -0.351. The molecule has 0 aliphatic carbocycles. The number of hydrogen-bond donors (Lipinski definition) is 2. The Bertz CT molecular complexity index is 462. The van der Waals surface area contributed by atoms with E-state index in [1.807, 2.05) is 13.8 Å². The molecule has 3 N–H and O–H groups in total. The average Bonchev–Trinajstić information content (AvgIpc) is 2.37. The van der Waals surface area contributed by atoms with Gasteiger partial charge in [0.25, 0.3) is 0 Å². The van der Waals surface area contributed by atoms with Crippen LogP contribution in [0.2, 0.25) is 10.0 Å². The number of benzene rings is 1. The highest BCUT2D eigenvalue weighted by Crippen LogP contribution is 2.27. The summed E-state index contributed by atoms with van der Waals surface area (Å²) in [5, 5.41) is 12.7. The molecule has 0 aliphatic heterocycles. The molecule has 19 heavy (non-hydrogen) atoms. The number of nitrogens with zero attached hydrogens (tertiary/aromatic N) is 1. The van der Waals surface area contributed by atoms with Crippen LogP contribution in [-0.2, 0) is 0 Å². The predicted octanol–water partition coefficient (Wildman–Crippen LogP) is 3.93. The van der Waals surface area contributed by atoms with Crippen molar-refractivity contribution in [3.63, 3.8) is 0 Å². The maximum atomic E-state index is 8.67. The zero-order valence-electron chi connectivity index (χ0n) is 11.0. The number of rotatable bonds is 6. The molecule has 0 bridgehead atoms. The van der Waals surface area contributed by atoms with Gasteiger partial charge in [0.1, 0.15) is 11.6 Å². The molecule has 106 valence electrons. The topological polar surface area (TPSA) is 67.8 Å². The summed E-state index contributed by atoms with van der Waals surface area (Å²) in [6, 6.07) is 5.14. The van der Waals surface area contributed by atoms with Crippen molar-refractivity contribution in [3.05, 3.63) is 28.2 Å². The second-order valence-corrected chi connectivity index (χ2v) is 5.71. The lowest BCUT2D eigenvalue weighted by atomic mass is 9.87. The zero-order valence-corrected chi connectivity index (χ0v) is 12.5. The maximum absolute atomic E-state index is 8.67. The standard InChI is InChI=1S/C13H18Cl2N2O2/c1-13(2,12(16)17-18)6-3-7-19-9-4-5-10(14)11(15)8-9/h4-5,8,18H,3,6-7H2,1-2H3,(H2,16,17). The largest absolute Gasteiger partial charge is 0.494 e. The molecule has 4 nitrogen and oxygen atoms in total. The number of halogens is 2. The molecule has 0 radical (unpaired) electrons. The van der Waals surface area contributed by atoms with Gasteiger partial charge >= 0.3 is 0 Å². The van der Waals surface area contributed by atoms with Gasteiger partial charge in [-0.2, -0.15) is 0 Å². The van der Waals surface area contributed by atoms with E-state index in [0.717, 1.165) is 12.8 Å². The van der Waals surface area contributed by atoms with Crippen LogP contribution in [0.4, 0.5) is 0 Å². The minimum absolute atomic E-state index is 0.224. The van der Waals surface area contributed by atoms with Gasteiger partial charge in [-0.15, -0.1) is 0 Å². The van der Waals surface area contributed by atoms with Crippen LogP contribution in [0.5, 0.6) is 5.75 Å². The Kier molecular flexibility index (Phi) is 5.76. The SMILES string of the molecule is CC(C)(CCCOc1ccc(Cl)c(Cl)c1)C(N)=NO. The zero-order chi connectivity index (χ0) is 14.5. The fraction of sp³-hybridized carbons (Fsp3) is 0.462. The molecule has 0 atom stereocenters. The van der Waals surface area contributed by atoms with E-state index in [1.54, 1.807) is 18.2 Å². The van der Waals surface area contributed by atoms with E-state index in [0.29, 0.717) is 22.4 Å². The van der Waals surface area contributed by atoms with E-state index in [1.165, 1.54) is 0 Å². The van der Waals surface area contributed by atoms with Crippen molar-refractivity contribution < 1.29 is 9.94 Å². The first kappa shape index (κ1) is 15.9. The molecular weight excluding hydrogens is 287 g/mol. The third kappa shape index (κ3) is 4.80. The van der Waals surface area contributed by atoms with Crippen molar-refractivity contribution in [2.75, 3.05) is 6.61 Å². The third-order valence-electron chi connectivity index (χ3n) is 2.91. The van der Waals surface area contributed by atoms with E-state index < -0.39 is 0 Å². The molecule has 0 heterocycles. The van der Waals surface area contributed by atoms with Crippen molar-refractivity contribution in [2.24, 2.45) is 16.3 Å². The van der Waals surface area contributed by atoms with E-state index in [-0.39, 0.29) is 11.3 Å². The van der Waals surface area contributed by atoms with Gasteiger partial charge < -0.3 is 15.7 Å². The number of nitrogens with two attached hydrogens (primary N) is 1. The molecule has 6 heteroatoms. The van der Waals surface area contributed by atoms with Gasteiger partial charge in [-0.3, -0.25) is 0 Å². The van der Waals surface area contributed by atoms with Gasteiger partial charge in [-0.25, -0.2) is 0 Å². The molecule has 0 spiro atoms. The maximum Gasteiger partial charge on any atom is 0.144 e. The molecule has 1 aromatic rings. The average molecular weight is 305 g/mol. The summed E-state index contributed by atoms with van der Waals surface area (Å²) in [6.45, 7) is 4.36. The molecule has 0 saturated heterocycles. The number of amidine groups is 1. The van der Waals surface area contributed by atoms with Gasteiger partial charge in [0.2, 0.25) is 0 Å². The summed E-state index contributed by atoms with van der Waals surface area (Å²) in [5.74, 6) is 0.901. The summed E-state index contributed by atoms with van der Waals surface area (Å²) in [6.07, 6.45) is 1.54. The number of oxime groups is 1. The van der Waals surface area contributed by atoms with Crippen molar-refractivity contribution >= 4 is 29.0 Å². The molecular formula is C13H18Cl2N2O2. The van der Waals surface area contributed by atoms with Gasteiger partial charge in [0, 0.05) is 11.5 Å². The van der Waals surface area contributed by atoms with Crippen LogP contribution >= 0.6 is 23.2 Å². The lowest BCUT2D eigenvalue weighted by Crippen LogP contribution is -2.32. The van der Waals surface area contributed by atoms with Gasteiger partial charge in [-0.1, -0.05) is 42.2 Å². The number of hydrogen-bond acceptors (Lipinski definition) is 3. The Morgan fingerprint density at radius 2 is 2.05 bits per heavy atom. The van der Waals surface area contributed by atoms with Crippen LogP contribution in [0.15, 0.2) is 23.4 Å². The summed E-state index contributed by atoms with van der Waals surface area (Å²) in [7, 11) is 0. The Morgan fingerprint density at radius 3 is 2.63 bits per heavy atom. The van der Waals surface area contributed by atoms with E-state index >= 15 is 0 Å². The van der Waals surface area contributed by atoms with E-state index in [2.05, 4.69) is 5.16 Å². The van der Waals surface area contributed by atoms with Crippen molar-refractivity contribution in [1.82, 2.24) is 0 Å². The second kappa shape index (κ2) is 6.87. The Labute approximate surface area is 123 Å². The van der Waals surface area contributed by atoms with Crippen molar-refractivity contribution in [1.29, 1.82) is 0 Å². The lowest BCUT2D eigenvalue weighted by Gasteiger charge is -2.22. The van der Waals surface area contributed by atoms with Gasteiger partial charge in [-0.05, 0) is 25.0 Å². The summed E-state index contributed by atoms with van der Waals surface area (Å²) >= 11 is 11.7. The second-order valence-electron chi connectivity index (χ2n) is 4.90. The Morgan fingerprint density at radius 1 is 1.37 bits per heavy atom.